The van der Waals surface area contributed by atoms with Gasteiger partial charge in [0.25, 0.3) is 0 Å². The molecular formula is C24H30N2O2. The maximum absolute atomic E-state index is 12.5. The SMILES string of the molecule is O=C(CC(c1ccccc1)c1ccccc1)NCCNC(=O)C1CCCCC1. The minimum atomic E-state index is 0.00428. The van der Waals surface area contributed by atoms with Crippen molar-refractivity contribution < 1.29 is 9.59 Å². The zero-order valence-electron chi connectivity index (χ0n) is 16.4. The molecule has 3 rings (SSSR count). The number of hydrogen-bond donors (Lipinski definition) is 2. The number of benzene rings is 2. The second-order valence-electron chi connectivity index (χ2n) is 7.55. The fraction of sp³-hybridized carbons (Fsp3) is 0.417. The first-order valence-electron chi connectivity index (χ1n) is 10.4. The van der Waals surface area contributed by atoms with Crippen LogP contribution in [0.1, 0.15) is 55.6 Å². The summed E-state index contributed by atoms with van der Waals surface area (Å²) in [5.74, 6) is 0.328. The van der Waals surface area contributed by atoms with Gasteiger partial charge in [0.15, 0.2) is 0 Å². The lowest BCUT2D eigenvalue weighted by molar-refractivity contribution is -0.126. The molecule has 0 bridgehead atoms. The summed E-state index contributed by atoms with van der Waals surface area (Å²) in [7, 11) is 0. The molecule has 1 aliphatic carbocycles. The molecule has 0 heterocycles. The van der Waals surface area contributed by atoms with Crippen LogP contribution in [0.15, 0.2) is 60.7 Å². The van der Waals surface area contributed by atoms with E-state index >= 15 is 0 Å². The fourth-order valence-electron chi connectivity index (χ4n) is 3.95. The average Bonchev–Trinajstić information content (AvgIpc) is 2.76. The number of nitrogens with one attached hydrogen (secondary N) is 2. The van der Waals surface area contributed by atoms with E-state index in [2.05, 4.69) is 34.9 Å². The maximum Gasteiger partial charge on any atom is 0.223 e. The first-order valence-corrected chi connectivity index (χ1v) is 10.4. The Morgan fingerprint density at radius 2 is 1.32 bits per heavy atom. The second-order valence-corrected chi connectivity index (χ2v) is 7.55. The van der Waals surface area contributed by atoms with Crippen LogP contribution in [0.5, 0.6) is 0 Å². The number of amides is 2. The van der Waals surface area contributed by atoms with Crippen molar-refractivity contribution in [2.75, 3.05) is 13.1 Å². The molecule has 0 saturated heterocycles. The molecule has 28 heavy (non-hydrogen) atoms. The van der Waals surface area contributed by atoms with Crippen molar-refractivity contribution in [2.24, 2.45) is 5.92 Å². The minimum Gasteiger partial charge on any atom is -0.354 e. The van der Waals surface area contributed by atoms with Crippen LogP contribution in [0.25, 0.3) is 0 Å². The lowest BCUT2D eigenvalue weighted by Crippen LogP contribution is -2.38. The van der Waals surface area contributed by atoms with Gasteiger partial charge in [0, 0.05) is 31.3 Å². The van der Waals surface area contributed by atoms with Crippen LogP contribution in [-0.4, -0.2) is 24.9 Å². The Kier molecular flexibility index (Phi) is 7.65. The Morgan fingerprint density at radius 1 is 0.786 bits per heavy atom. The highest BCUT2D eigenvalue weighted by molar-refractivity contribution is 5.79. The number of carbonyl (C=O) groups is 2. The van der Waals surface area contributed by atoms with Gasteiger partial charge in [0.2, 0.25) is 11.8 Å². The lowest BCUT2D eigenvalue weighted by atomic mass is 9.88. The molecule has 4 nitrogen and oxygen atoms in total. The number of rotatable bonds is 8. The van der Waals surface area contributed by atoms with Crippen molar-refractivity contribution in [2.45, 2.75) is 44.4 Å². The zero-order chi connectivity index (χ0) is 19.6. The summed E-state index contributed by atoms with van der Waals surface area (Å²) in [6, 6.07) is 20.2. The van der Waals surface area contributed by atoms with Gasteiger partial charge in [-0.2, -0.15) is 0 Å². The number of hydrogen-bond acceptors (Lipinski definition) is 2. The summed E-state index contributed by atoms with van der Waals surface area (Å²) >= 11 is 0. The molecule has 1 saturated carbocycles. The van der Waals surface area contributed by atoms with Gasteiger partial charge in [-0.3, -0.25) is 9.59 Å². The minimum absolute atomic E-state index is 0.00428. The highest BCUT2D eigenvalue weighted by Crippen LogP contribution is 2.27. The topological polar surface area (TPSA) is 58.2 Å². The molecule has 0 spiro atoms. The van der Waals surface area contributed by atoms with Gasteiger partial charge in [-0.1, -0.05) is 79.9 Å². The normalized spacial score (nSPS) is 14.6. The highest BCUT2D eigenvalue weighted by Gasteiger charge is 2.21. The predicted octanol–water partition coefficient (Wildman–Crippen LogP) is 4.02. The van der Waals surface area contributed by atoms with Gasteiger partial charge in [-0.05, 0) is 24.0 Å². The smallest absolute Gasteiger partial charge is 0.223 e. The quantitative estimate of drug-likeness (QED) is 0.682. The summed E-state index contributed by atoms with van der Waals surface area (Å²) < 4.78 is 0. The third kappa shape index (κ3) is 5.95. The first-order chi connectivity index (χ1) is 13.7. The molecule has 2 aromatic rings. The van der Waals surface area contributed by atoms with Crippen LogP contribution in [0.2, 0.25) is 0 Å². The van der Waals surface area contributed by atoms with Crippen LogP contribution in [0.4, 0.5) is 0 Å². The summed E-state index contributed by atoms with van der Waals surface area (Å²) in [6.07, 6.45) is 5.92. The third-order valence-corrected chi connectivity index (χ3v) is 5.52. The van der Waals surface area contributed by atoms with Crippen molar-refractivity contribution in [1.82, 2.24) is 10.6 Å². The van der Waals surface area contributed by atoms with Crippen molar-refractivity contribution in [1.29, 1.82) is 0 Å². The Morgan fingerprint density at radius 3 is 1.89 bits per heavy atom. The molecule has 2 aromatic carbocycles. The number of carbonyl (C=O) groups excluding carboxylic acids is 2. The van der Waals surface area contributed by atoms with E-state index < -0.39 is 0 Å². The van der Waals surface area contributed by atoms with Crippen LogP contribution in [0, 0.1) is 5.92 Å². The molecule has 148 valence electrons. The van der Waals surface area contributed by atoms with Gasteiger partial charge >= 0.3 is 0 Å². The first kappa shape index (κ1) is 20.1. The van der Waals surface area contributed by atoms with Gasteiger partial charge in [0.1, 0.15) is 0 Å². The largest absolute Gasteiger partial charge is 0.354 e. The maximum atomic E-state index is 12.5. The van der Waals surface area contributed by atoms with Crippen molar-refractivity contribution >= 4 is 11.8 Å². The lowest BCUT2D eigenvalue weighted by Gasteiger charge is -2.21. The van der Waals surface area contributed by atoms with E-state index in [4.69, 9.17) is 0 Å². The standard InChI is InChI=1S/C24H30N2O2/c27-23(25-16-17-26-24(28)21-14-8-3-9-15-21)18-22(19-10-4-1-5-11-19)20-12-6-2-7-13-20/h1-2,4-7,10-13,21-22H,3,8-9,14-18H2,(H,25,27)(H,26,28). The predicted molar refractivity (Wildman–Crippen MR) is 112 cm³/mol. The van der Waals surface area contributed by atoms with E-state index in [1.807, 2.05) is 36.4 Å². The van der Waals surface area contributed by atoms with Gasteiger partial charge in [0.05, 0.1) is 0 Å². The Bertz CT molecular complexity index is 700. The van der Waals surface area contributed by atoms with Gasteiger partial charge < -0.3 is 10.6 Å². The van der Waals surface area contributed by atoms with Gasteiger partial charge in [-0.25, -0.2) is 0 Å². The summed E-state index contributed by atoms with van der Waals surface area (Å²) in [6.45, 7) is 0.954. The molecule has 0 radical (unpaired) electrons. The molecule has 0 aliphatic heterocycles. The van der Waals surface area contributed by atoms with Crippen molar-refractivity contribution in [3.8, 4) is 0 Å². The van der Waals surface area contributed by atoms with E-state index in [9.17, 15) is 9.59 Å². The van der Waals surface area contributed by atoms with E-state index in [0.29, 0.717) is 19.5 Å². The molecule has 2 N–H and O–H groups in total. The fourth-order valence-corrected chi connectivity index (χ4v) is 3.95. The van der Waals surface area contributed by atoms with E-state index in [1.165, 1.54) is 6.42 Å². The molecule has 0 unspecified atom stereocenters. The van der Waals surface area contributed by atoms with Crippen molar-refractivity contribution in [3.05, 3.63) is 71.8 Å². The molecule has 2 amide bonds. The molecule has 1 fully saturated rings. The van der Waals surface area contributed by atoms with Crippen LogP contribution in [0.3, 0.4) is 0 Å². The summed E-state index contributed by atoms with van der Waals surface area (Å²) in [5.41, 5.74) is 2.27. The van der Waals surface area contributed by atoms with Crippen molar-refractivity contribution in [3.63, 3.8) is 0 Å². The Hall–Kier alpha value is -2.62. The zero-order valence-corrected chi connectivity index (χ0v) is 16.4. The van der Waals surface area contributed by atoms with Crippen LogP contribution in [-0.2, 0) is 9.59 Å². The molecule has 0 atom stereocenters. The monoisotopic (exact) mass is 378 g/mol. The van der Waals surface area contributed by atoms with Gasteiger partial charge in [-0.15, -0.1) is 0 Å². The van der Waals surface area contributed by atoms with E-state index in [0.717, 1.165) is 36.8 Å². The molecule has 1 aliphatic rings. The highest BCUT2D eigenvalue weighted by atomic mass is 16.2. The third-order valence-electron chi connectivity index (χ3n) is 5.52. The van der Waals surface area contributed by atoms with Crippen LogP contribution >= 0.6 is 0 Å². The van der Waals surface area contributed by atoms with Crippen LogP contribution < -0.4 is 10.6 Å². The molecule has 4 heteroatoms. The molecule has 0 aromatic heterocycles. The average molecular weight is 379 g/mol. The van der Waals surface area contributed by atoms with E-state index in [1.54, 1.807) is 0 Å². The Balaban J connectivity index is 1.48. The molecular weight excluding hydrogens is 348 g/mol. The Labute approximate surface area is 167 Å². The summed E-state index contributed by atoms with van der Waals surface area (Å²) in [4.78, 5) is 24.7. The summed E-state index contributed by atoms with van der Waals surface area (Å²) in [5, 5.41) is 5.93. The van der Waals surface area contributed by atoms with E-state index in [-0.39, 0.29) is 23.7 Å². The second kappa shape index (κ2) is 10.6.